The highest BCUT2D eigenvalue weighted by atomic mass is 35.5. The van der Waals surface area contributed by atoms with Crippen LogP contribution in [0.25, 0.3) is 0 Å². The van der Waals surface area contributed by atoms with Crippen LogP contribution in [0.1, 0.15) is 4.88 Å². The van der Waals surface area contributed by atoms with Crippen LogP contribution < -0.4 is 0 Å². The molecule has 0 aliphatic carbocycles. The molecule has 1 nitrogen and oxygen atoms in total. The summed E-state index contributed by atoms with van der Waals surface area (Å²) in [5.41, 5.74) is 0. The molecule has 1 heterocycles. The molecule has 4 heteroatoms. The lowest BCUT2D eigenvalue weighted by Crippen LogP contribution is -2.14. The minimum absolute atomic E-state index is 0.551. The van der Waals surface area contributed by atoms with E-state index >= 15 is 0 Å². The van der Waals surface area contributed by atoms with Gasteiger partial charge in [0, 0.05) is 11.4 Å². The normalized spacial score (nSPS) is 10.9. The highest BCUT2D eigenvalue weighted by Crippen LogP contribution is 2.22. The first kappa shape index (κ1) is 9.33. The zero-order valence-corrected chi connectivity index (χ0v) is 8.51. The molecule has 0 amide bonds. The van der Waals surface area contributed by atoms with Crippen LogP contribution >= 0.6 is 34.5 Å². The predicted octanol–water partition coefficient (Wildman–Crippen LogP) is 3.03. The van der Waals surface area contributed by atoms with Crippen molar-refractivity contribution < 1.29 is 0 Å². The molecule has 0 unspecified atom stereocenters. The first-order valence-electron chi connectivity index (χ1n) is 3.21. The Bertz CT molecular complexity index is 224. The smallest absolute Gasteiger partial charge is 0.0931 e. The Labute approximate surface area is 80.5 Å². The molecule has 0 atom stereocenters. The third-order valence-corrected chi connectivity index (χ3v) is 2.88. The molecule has 0 aromatic carbocycles. The van der Waals surface area contributed by atoms with E-state index in [1.807, 2.05) is 24.1 Å². The van der Waals surface area contributed by atoms with Crippen molar-refractivity contribution in [1.29, 1.82) is 0 Å². The first-order valence-corrected chi connectivity index (χ1v) is 4.94. The Balaban J connectivity index is 2.50. The van der Waals surface area contributed by atoms with Gasteiger partial charge in [-0.3, -0.25) is 4.90 Å². The van der Waals surface area contributed by atoms with Gasteiger partial charge >= 0.3 is 0 Å². The fourth-order valence-corrected chi connectivity index (χ4v) is 2.00. The summed E-state index contributed by atoms with van der Waals surface area (Å²) in [7, 11) is 1.97. The number of rotatable bonds is 3. The number of alkyl halides is 1. The number of hydrogen-bond donors (Lipinski definition) is 0. The summed E-state index contributed by atoms with van der Waals surface area (Å²) in [5.74, 6) is 0. The Morgan fingerprint density at radius 2 is 2.27 bits per heavy atom. The molecule has 0 bridgehead atoms. The minimum Gasteiger partial charge on any atom is -0.288 e. The van der Waals surface area contributed by atoms with Crippen LogP contribution in [0.4, 0.5) is 0 Å². The summed E-state index contributed by atoms with van der Waals surface area (Å²) in [6.45, 7) is 0.876. The summed E-state index contributed by atoms with van der Waals surface area (Å²) in [5, 5.41) is 0. The largest absolute Gasteiger partial charge is 0.288 e. The van der Waals surface area contributed by atoms with Crippen molar-refractivity contribution in [2.45, 2.75) is 6.54 Å². The van der Waals surface area contributed by atoms with Crippen molar-refractivity contribution >= 4 is 34.5 Å². The first-order chi connectivity index (χ1) is 5.22. The van der Waals surface area contributed by atoms with Gasteiger partial charge in [0.25, 0.3) is 0 Å². The molecule has 1 aromatic rings. The Hall–Kier alpha value is 0.240. The summed E-state index contributed by atoms with van der Waals surface area (Å²) >= 11 is 13.0. The second-order valence-electron chi connectivity index (χ2n) is 2.34. The lowest BCUT2D eigenvalue weighted by Gasteiger charge is -2.09. The predicted molar refractivity (Wildman–Crippen MR) is 51.5 cm³/mol. The van der Waals surface area contributed by atoms with Crippen molar-refractivity contribution in [3.05, 3.63) is 21.3 Å². The standard InChI is InChI=1S/C7H9Cl2NS/c1-10(5-8)4-6-2-3-7(9)11-6/h2-3H,4-5H2,1H3. The SMILES string of the molecule is CN(CCl)Cc1ccc(Cl)s1. The highest BCUT2D eigenvalue weighted by molar-refractivity contribution is 7.16. The molecule has 0 fully saturated rings. The number of halogens is 2. The molecule has 0 saturated heterocycles. The Morgan fingerprint density at radius 3 is 2.73 bits per heavy atom. The summed E-state index contributed by atoms with van der Waals surface area (Å²) < 4.78 is 0.836. The van der Waals surface area contributed by atoms with Crippen molar-refractivity contribution in [2.75, 3.05) is 13.1 Å². The van der Waals surface area contributed by atoms with Gasteiger partial charge in [-0.25, -0.2) is 0 Å². The van der Waals surface area contributed by atoms with Gasteiger partial charge in [0.15, 0.2) is 0 Å². The van der Waals surface area contributed by atoms with Crippen molar-refractivity contribution in [3.63, 3.8) is 0 Å². The fraction of sp³-hybridized carbons (Fsp3) is 0.429. The lowest BCUT2D eigenvalue weighted by molar-refractivity contribution is 0.386. The van der Waals surface area contributed by atoms with E-state index in [1.165, 1.54) is 4.88 Å². The minimum atomic E-state index is 0.551. The highest BCUT2D eigenvalue weighted by Gasteiger charge is 2.00. The third-order valence-electron chi connectivity index (χ3n) is 1.26. The summed E-state index contributed by atoms with van der Waals surface area (Å²) in [6.07, 6.45) is 0. The average molecular weight is 210 g/mol. The molecule has 0 N–H and O–H groups in total. The van der Waals surface area contributed by atoms with Gasteiger partial charge < -0.3 is 0 Å². The number of nitrogens with zero attached hydrogens (tertiary/aromatic N) is 1. The Kier molecular flexibility index (Phi) is 3.66. The van der Waals surface area contributed by atoms with Gasteiger partial charge in [-0.1, -0.05) is 11.6 Å². The zero-order chi connectivity index (χ0) is 8.27. The molecule has 1 rings (SSSR count). The molecule has 0 spiro atoms. The van der Waals surface area contributed by atoms with Gasteiger partial charge in [0.2, 0.25) is 0 Å². The number of thiophene rings is 1. The van der Waals surface area contributed by atoms with Gasteiger partial charge in [0.05, 0.1) is 10.3 Å². The van der Waals surface area contributed by atoms with Gasteiger partial charge in [-0.05, 0) is 19.2 Å². The average Bonchev–Trinajstić information content (AvgIpc) is 2.35. The molecular formula is C7H9Cl2NS. The van der Waals surface area contributed by atoms with E-state index in [0.29, 0.717) is 6.00 Å². The van der Waals surface area contributed by atoms with Crippen LogP contribution in [0.2, 0.25) is 4.34 Å². The van der Waals surface area contributed by atoms with E-state index < -0.39 is 0 Å². The Morgan fingerprint density at radius 1 is 1.55 bits per heavy atom. The number of hydrogen-bond acceptors (Lipinski definition) is 2. The molecule has 0 aliphatic heterocycles. The molecule has 62 valence electrons. The quantitative estimate of drug-likeness (QED) is 0.547. The van der Waals surface area contributed by atoms with Crippen LogP contribution in [-0.4, -0.2) is 18.0 Å². The molecule has 0 radical (unpaired) electrons. The summed E-state index contributed by atoms with van der Waals surface area (Å²) in [6, 6.07) is 4.48. The molecule has 11 heavy (non-hydrogen) atoms. The van der Waals surface area contributed by atoms with Crippen LogP contribution in [0.15, 0.2) is 12.1 Å². The van der Waals surface area contributed by atoms with Gasteiger partial charge in [0.1, 0.15) is 0 Å². The van der Waals surface area contributed by atoms with Gasteiger partial charge in [-0.15, -0.1) is 22.9 Å². The monoisotopic (exact) mass is 209 g/mol. The van der Waals surface area contributed by atoms with Crippen LogP contribution in [0.3, 0.4) is 0 Å². The van der Waals surface area contributed by atoms with E-state index in [1.54, 1.807) is 11.3 Å². The fourth-order valence-electron chi connectivity index (χ4n) is 0.745. The van der Waals surface area contributed by atoms with Crippen LogP contribution in [0.5, 0.6) is 0 Å². The second-order valence-corrected chi connectivity index (χ2v) is 4.38. The van der Waals surface area contributed by atoms with Crippen LogP contribution in [0, 0.1) is 0 Å². The molecular weight excluding hydrogens is 201 g/mol. The van der Waals surface area contributed by atoms with E-state index in [9.17, 15) is 0 Å². The maximum absolute atomic E-state index is 5.75. The van der Waals surface area contributed by atoms with Crippen molar-refractivity contribution in [2.24, 2.45) is 0 Å². The molecule has 1 aromatic heterocycles. The summed E-state index contributed by atoms with van der Waals surface area (Å²) in [4.78, 5) is 3.27. The van der Waals surface area contributed by atoms with Crippen LogP contribution in [-0.2, 0) is 6.54 Å². The van der Waals surface area contributed by atoms with Crippen molar-refractivity contribution in [1.82, 2.24) is 4.90 Å². The lowest BCUT2D eigenvalue weighted by atomic mass is 10.4. The molecule has 0 aliphatic rings. The van der Waals surface area contributed by atoms with Gasteiger partial charge in [-0.2, -0.15) is 0 Å². The van der Waals surface area contributed by atoms with Crippen molar-refractivity contribution in [3.8, 4) is 0 Å². The van der Waals surface area contributed by atoms with E-state index in [0.717, 1.165) is 10.9 Å². The topological polar surface area (TPSA) is 3.24 Å². The van der Waals surface area contributed by atoms with E-state index in [-0.39, 0.29) is 0 Å². The second kappa shape index (κ2) is 4.31. The molecule has 0 saturated carbocycles. The maximum Gasteiger partial charge on any atom is 0.0931 e. The third kappa shape index (κ3) is 2.99. The van der Waals surface area contributed by atoms with E-state index in [4.69, 9.17) is 23.2 Å². The van der Waals surface area contributed by atoms with E-state index in [2.05, 4.69) is 0 Å². The maximum atomic E-state index is 5.75. The zero-order valence-electron chi connectivity index (χ0n) is 6.18.